The Morgan fingerprint density at radius 1 is 0.727 bits per heavy atom. The Morgan fingerprint density at radius 2 is 1.00 bits per heavy atom. The summed E-state index contributed by atoms with van der Waals surface area (Å²) in [5.41, 5.74) is 0. The van der Waals surface area contributed by atoms with Crippen molar-refractivity contribution < 1.29 is 66.3 Å². The number of hydrogen-bond acceptors (Lipinski definition) is 6. The average Bonchev–Trinajstić information content (AvgIpc) is 2.79. The quantitative estimate of drug-likeness (QED) is 0.0462. The van der Waals surface area contributed by atoms with E-state index >= 15 is 0 Å². The molecule has 0 aromatic carbocycles. The van der Waals surface area contributed by atoms with Gasteiger partial charge in [0.05, 0.1) is 0 Å². The van der Waals surface area contributed by atoms with Crippen LogP contribution in [0.3, 0.4) is 0 Å². The number of hydrogen-bond donors (Lipinski definition) is 1. The van der Waals surface area contributed by atoms with Crippen LogP contribution in [-0.4, -0.2) is 131 Å². The maximum atomic E-state index is 8.64. The number of nitrogens with zero attached hydrogens (tertiary/aromatic N) is 2. The van der Waals surface area contributed by atoms with Crippen molar-refractivity contribution in [2.45, 2.75) is 0 Å². The molecular formula is C23H40Br2K2N3O3. The second kappa shape index (κ2) is 50.8. The first-order valence-corrected chi connectivity index (χ1v) is 11.9. The van der Waals surface area contributed by atoms with E-state index in [1.54, 1.807) is 0 Å². The molecule has 0 spiro atoms. The zero-order valence-electron chi connectivity index (χ0n) is 20.7. The molecule has 1 radical (unpaired) electrons. The SMILES string of the molecule is BrCCBr.C=CCN(CC=C)CCN(CC=C)CC=C.C=CCNCC=C.O=CO[O-].[K+].[K]. The average molecular weight is 645 g/mol. The zero-order chi connectivity index (χ0) is 24.6. The molecule has 0 saturated carbocycles. The van der Waals surface area contributed by atoms with Gasteiger partial charge in [0, 0.05) is 114 Å². The predicted molar refractivity (Wildman–Crippen MR) is 147 cm³/mol. The maximum Gasteiger partial charge on any atom is 1.00 e. The van der Waals surface area contributed by atoms with Crippen LogP contribution in [0.5, 0.6) is 0 Å². The molecule has 0 bridgehead atoms. The maximum absolute atomic E-state index is 8.64. The molecular weight excluding hydrogens is 604 g/mol. The van der Waals surface area contributed by atoms with Gasteiger partial charge in [-0.2, -0.15) is 0 Å². The van der Waals surface area contributed by atoms with Crippen LogP contribution in [0.1, 0.15) is 0 Å². The topological polar surface area (TPSA) is 67.9 Å². The van der Waals surface area contributed by atoms with Crippen molar-refractivity contribution in [3.63, 3.8) is 0 Å². The van der Waals surface area contributed by atoms with E-state index in [4.69, 9.17) is 10.1 Å². The van der Waals surface area contributed by atoms with Gasteiger partial charge in [-0.15, -0.1) is 39.5 Å². The van der Waals surface area contributed by atoms with Crippen LogP contribution >= 0.6 is 31.9 Å². The second-order valence-electron chi connectivity index (χ2n) is 5.48. The van der Waals surface area contributed by atoms with Crippen LogP contribution in [0, 0.1) is 0 Å². The molecule has 10 heteroatoms. The second-order valence-corrected chi connectivity index (χ2v) is 7.07. The smallest absolute Gasteiger partial charge is 0.662 e. The van der Waals surface area contributed by atoms with E-state index in [1.807, 2.05) is 36.5 Å². The van der Waals surface area contributed by atoms with E-state index < -0.39 is 0 Å². The minimum absolute atomic E-state index is 0. The Labute approximate surface area is 304 Å². The molecule has 0 aromatic heterocycles. The molecule has 0 saturated heterocycles. The minimum Gasteiger partial charge on any atom is -0.662 e. The van der Waals surface area contributed by atoms with Gasteiger partial charge >= 0.3 is 51.4 Å². The van der Waals surface area contributed by atoms with E-state index in [-0.39, 0.29) is 109 Å². The summed E-state index contributed by atoms with van der Waals surface area (Å²) in [6.45, 7) is 29.3. The van der Waals surface area contributed by atoms with Crippen molar-refractivity contribution >= 4 is 89.7 Å². The molecule has 0 amide bonds. The summed E-state index contributed by atoms with van der Waals surface area (Å²) in [4.78, 5) is 15.9. The minimum atomic E-state index is -0.181. The van der Waals surface area contributed by atoms with Gasteiger partial charge in [0.2, 0.25) is 0 Å². The first-order valence-electron chi connectivity index (χ1n) is 9.68. The van der Waals surface area contributed by atoms with E-state index in [2.05, 4.69) is 91.3 Å². The Morgan fingerprint density at radius 3 is 1.15 bits per heavy atom. The Balaban J connectivity index is -0.0000000891. The largest absolute Gasteiger partial charge is 1.00 e. The third-order valence-corrected chi connectivity index (χ3v) is 4.83. The fraction of sp³-hybridized carbons (Fsp3) is 0.435. The summed E-state index contributed by atoms with van der Waals surface area (Å²) in [5, 5.41) is 13.6. The third kappa shape index (κ3) is 55.7. The molecule has 0 unspecified atom stereocenters. The standard InChI is InChI=1S/C14H24N2.C6H11N.C2H4Br2.CH2O3.2K/c1-5-9-15(10-6-2)13-14-16(11-7-3)12-8-4;1-3-5-7-6-4-2;3-1-2-4;2-1-4-3;;/h5-8H,1-4,9-14H2;3-4,7H,1-2,5-6H2;1-2H2;1,3H;;/q;;;;;+1/p-1. The van der Waals surface area contributed by atoms with Gasteiger partial charge in [-0.25, -0.2) is 0 Å². The molecule has 0 aliphatic carbocycles. The van der Waals surface area contributed by atoms with Gasteiger partial charge in [0.25, 0.3) is 6.47 Å². The summed E-state index contributed by atoms with van der Waals surface area (Å²) in [7, 11) is 0. The summed E-state index contributed by atoms with van der Waals surface area (Å²) in [6, 6.07) is 0. The van der Waals surface area contributed by atoms with Crippen LogP contribution in [0.2, 0.25) is 0 Å². The molecule has 181 valence electrons. The molecule has 0 aliphatic heterocycles. The third-order valence-electron chi connectivity index (χ3n) is 2.97. The van der Waals surface area contributed by atoms with Gasteiger partial charge < -0.3 is 15.5 Å². The van der Waals surface area contributed by atoms with Crippen molar-refractivity contribution in [2.24, 2.45) is 0 Å². The molecule has 0 aliphatic rings. The fourth-order valence-electron chi connectivity index (χ4n) is 1.81. The van der Waals surface area contributed by atoms with Crippen molar-refractivity contribution in [3.05, 3.63) is 75.9 Å². The van der Waals surface area contributed by atoms with E-state index in [9.17, 15) is 0 Å². The number of rotatable bonds is 17. The zero-order valence-corrected chi connectivity index (χ0v) is 30.1. The number of carbonyl (C=O) groups excluding carboxylic acids is 1. The first kappa shape index (κ1) is 48.1. The summed E-state index contributed by atoms with van der Waals surface area (Å²) in [5.74, 6) is 0. The van der Waals surface area contributed by atoms with Crippen LogP contribution in [0.15, 0.2) is 75.9 Å². The van der Waals surface area contributed by atoms with Crippen molar-refractivity contribution in [1.82, 2.24) is 15.1 Å². The predicted octanol–water partition coefficient (Wildman–Crippen LogP) is 0.117. The normalized spacial score (nSPS) is 8.27. The Kier molecular flexibility index (Phi) is 74.0. The molecule has 1 N–H and O–H groups in total. The van der Waals surface area contributed by atoms with Crippen LogP contribution in [-0.2, 0) is 9.68 Å². The van der Waals surface area contributed by atoms with Gasteiger partial charge in [0.15, 0.2) is 0 Å². The van der Waals surface area contributed by atoms with Crippen LogP contribution in [0.25, 0.3) is 0 Å². The fourth-order valence-corrected chi connectivity index (χ4v) is 1.81. The van der Waals surface area contributed by atoms with Crippen molar-refractivity contribution in [1.29, 1.82) is 0 Å². The molecule has 0 fully saturated rings. The van der Waals surface area contributed by atoms with Crippen molar-refractivity contribution in [3.8, 4) is 0 Å². The van der Waals surface area contributed by atoms with Crippen LogP contribution in [0.4, 0.5) is 0 Å². The van der Waals surface area contributed by atoms with Gasteiger partial charge in [-0.1, -0.05) is 68.3 Å². The van der Waals surface area contributed by atoms with Gasteiger partial charge in [-0.05, 0) is 0 Å². The number of alkyl halides is 2. The molecule has 33 heavy (non-hydrogen) atoms. The van der Waals surface area contributed by atoms with E-state index in [0.717, 1.165) is 63.0 Å². The number of carbonyl (C=O) groups is 1. The van der Waals surface area contributed by atoms with Gasteiger partial charge in [0.1, 0.15) is 0 Å². The molecule has 0 rings (SSSR count). The molecule has 0 heterocycles. The summed E-state index contributed by atoms with van der Waals surface area (Å²) < 4.78 is 0. The molecule has 6 nitrogen and oxygen atoms in total. The first-order chi connectivity index (χ1) is 15.0. The van der Waals surface area contributed by atoms with E-state index in [1.165, 1.54) is 0 Å². The summed E-state index contributed by atoms with van der Waals surface area (Å²) in [6.07, 6.45) is 11.3. The Bertz CT molecular complexity index is 393. The van der Waals surface area contributed by atoms with Crippen LogP contribution < -0.4 is 62.0 Å². The number of nitrogens with one attached hydrogen (secondary N) is 1. The number of halogens is 2. The van der Waals surface area contributed by atoms with Crippen molar-refractivity contribution in [2.75, 3.05) is 63.0 Å². The molecule has 0 aromatic rings. The van der Waals surface area contributed by atoms with Gasteiger partial charge in [-0.3, -0.25) is 14.6 Å². The summed E-state index contributed by atoms with van der Waals surface area (Å²) >= 11 is 6.40. The monoisotopic (exact) mass is 642 g/mol. The Hall–Kier alpha value is 1.98. The molecule has 0 atom stereocenters. The van der Waals surface area contributed by atoms with E-state index in [0.29, 0.717) is 0 Å².